The number of aliphatic carboxylic acids is 1. The second kappa shape index (κ2) is 14.3. The fourth-order valence-corrected chi connectivity index (χ4v) is 3.03. The number of carboxylic acid groups (broad SMARTS) is 1. The van der Waals surface area contributed by atoms with E-state index in [4.69, 9.17) is 34.2 Å². The summed E-state index contributed by atoms with van der Waals surface area (Å²) >= 11 is 0. The SMILES string of the molecule is CC(C)COC(=O)O[C@@H](C)CC(N)(Cc1ccc(OC(=O)OC(C)C)c(OC(=O)OC(C)C)c1)C(=O)O. The number of rotatable bonds is 12. The van der Waals surface area contributed by atoms with Crippen LogP contribution in [-0.4, -0.2) is 60.0 Å². The van der Waals surface area contributed by atoms with Gasteiger partial charge in [0.2, 0.25) is 0 Å². The maximum absolute atomic E-state index is 12.1. The lowest BCUT2D eigenvalue weighted by molar-refractivity contribution is -0.144. The highest BCUT2D eigenvalue weighted by Crippen LogP contribution is 2.31. The van der Waals surface area contributed by atoms with Gasteiger partial charge in [0.1, 0.15) is 11.6 Å². The summed E-state index contributed by atoms with van der Waals surface area (Å²) in [5.41, 5.74) is 4.65. The van der Waals surface area contributed by atoms with Crippen LogP contribution in [-0.2, 0) is 30.2 Å². The molecule has 0 saturated heterocycles. The van der Waals surface area contributed by atoms with Gasteiger partial charge < -0.3 is 39.3 Å². The Morgan fingerprint density at radius 3 is 1.86 bits per heavy atom. The molecule has 0 aliphatic heterocycles. The van der Waals surface area contributed by atoms with E-state index in [-0.39, 0.29) is 36.9 Å². The molecule has 0 aliphatic rings. The molecule has 3 N–H and O–H groups in total. The Hall–Kier alpha value is -3.54. The summed E-state index contributed by atoms with van der Waals surface area (Å²) in [5.74, 6) is -1.61. The summed E-state index contributed by atoms with van der Waals surface area (Å²) in [4.78, 5) is 48.0. The number of nitrogens with two attached hydrogens (primary N) is 1. The number of ether oxygens (including phenoxy) is 6. The Morgan fingerprint density at radius 1 is 0.838 bits per heavy atom. The number of carboxylic acids is 1. The third kappa shape index (κ3) is 11.8. The van der Waals surface area contributed by atoms with Crippen LogP contribution in [0.4, 0.5) is 14.4 Å². The molecule has 0 saturated carbocycles. The molecule has 1 rings (SSSR count). The van der Waals surface area contributed by atoms with Gasteiger partial charge >= 0.3 is 24.4 Å². The predicted octanol–water partition coefficient (Wildman–Crippen LogP) is 4.45. The number of hydrogen-bond donors (Lipinski definition) is 2. The Morgan fingerprint density at radius 2 is 1.38 bits per heavy atom. The van der Waals surface area contributed by atoms with Crippen molar-refractivity contribution >= 4 is 24.4 Å². The van der Waals surface area contributed by atoms with E-state index < -0.39 is 48.3 Å². The Bertz CT molecular complexity index is 945. The van der Waals surface area contributed by atoms with Gasteiger partial charge in [0, 0.05) is 12.8 Å². The summed E-state index contributed by atoms with van der Waals surface area (Å²) in [6.07, 6.45) is -5.33. The van der Waals surface area contributed by atoms with E-state index in [0.29, 0.717) is 5.56 Å². The molecule has 0 fully saturated rings. The number of carbonyl (C=O) groups excluding carboxylic acids is 3. The average molecular weight is 528 g/mol. The van der Waals surface area contributed by atoms with Crippen LogP contribution in [0.5, 0.6) is 11.5 Å². The van der Waals surface area contributed by atoms with Gasteiger partial charge in [-0.15, -0.1) is 0 Å². The lowest BCUT2D eigenvalue weighted by atomic mass is 9.86. The van der Waals surface area contributed by atoms with Gasteiger partial charge in [-0.25, -0.2) is 14.4 Å². The van der Waals surface area contributed by atoms with E-state index in [2.05, 4.69) is 0 Å². The van der Waals surface area contributed by atoms with Gasteiger partial charge in [0.05, 0.1) is 18.8 Å². The monoisotopic (exact) mass is 527 g/mol. The molecule has 37 heavy (non-hydrogen) atoms. The first kappa shape index (κ1) is 31.5. The smallest absolute Gasteiger partial charge is 0.480 e. The van der Waals surface area contributed by atoms with Crippen LogP contribution < -0.4 is 15.2 Å². The van der Waals surface area contributed by atoms with Crippen molar-refractivity contribution < 1.29 is 52.7 Å². The lowest BCUT2D eigenvalue weighted by Crippen LogP contribution is -2.52. The summed E-state index contributed by atoms with van der Waals surface area (Å²) in [6, 6.07) is 4.05. The molecule has 2 atom stereocenters. The van der Waals surface area contributed by atoms with Crippen molar-refractivity contribution in [2.75, 3.05) is 6.61 Å². The third-order valence-electron chi connectivity index (χ3n) is 4.49. The topological polar surface area (TPSA) is 170 Å². The normalized spacial score (nSPS) is 13.5. The molecule has 0 spiro atoms. The largest absolute Gasteiger partial charge is 0.514 e. The minimum Gasteiger partial charge on any atom is -0.480 e. The predicted molar refractivity (Wildman–Crippen MR) is 131 cm³/mol. The zero-order valence-electron chi connectivity index (χ0n) is 22.3. The van der Waals surface area contributed by atoms with Crippen molar-refractivity contribution in [1.29, 1.82) is 0 Å². The van der Waals surface area contributed by atoms with Crippen molar-refractivity contribution in [3.05, 3.63) is 23.8 Å². The lowest BCUT2D eigenvalue weighted by Gasteiger charge is -2.28. The molecule has 0 aliphatic carbocycles. The first-order chi connectivity index (χ1) is 17.1. The zero-order chi connectivity index (χ0) is 28.3. The van der Waals surface area contributed by atoms with E-state index in [9.17, 15) is 24.3 Å². The number of benzene rings is 1. The van der Waals surface area contributed by atoms with Gasteiger partial charge in [-0.2, -0.15) is 0 Å². The van der Waals surface area contributed by atoms with Gasteiger partial charge in [-0.1, -0.05) is 19.9 Å². The molecule has 0 heterocycles. The second-order valence-electron chi connectivity index (χ2n) is 9.54. The zero-order valence-corrected chi connectivity index (χ0v) is 22.3. The van der Waals surface area contributed by atoms with Crippen molar-refractivity contribution in [3.8, 4) is 11.5 Å². The molecule has 1 aromatic carbocycles. The highest BCUT2D eigenvalue weighted by Gasteiger charge is 2.37. The van der Waals surface area contributed by atoms with Crippen molar-refractivity contribution in [1.82, 2.24) is 0 Å². The van der Waals surface area contributed by atoms with Crippen molar-refractivity contribution in [2.45, 2.75) is 85.2 Å². The van der Waals surface area contributed by atoms with Crippen LogP contribution in [0.15, 0.2) is 18.2 Å². The van der Waals surface area contributed by atoms with Crippen LogP contribution in [0.3, 0.4) is 0 Å². The van der Waals surface area contributed by atoms with E-state index in [1.165, 1.54) is 25.1 Å². The summed E-state index contributed by atoms with van der Waals surface area (Å²) in [5, 5.41) is 9.84. The van der Waals surface area contributed by atoms with Crippen LogP contribution in [0, 0.1) is 5.92 Å². The average Bonchev–Trinajstić information content (AvgIpc) is 2.72. The Balaban J connectivity index is 3.13. The highest BCUT2D eigenvalue weighted by molar-refractivity contribution is 5.79. The molecular weight excluding hydrogens is 490 g/mol. The van der Waals surface area contributed by atoms with Gasteiger partial charge in [0.25, 0.3) is 0 Å². The minimum absolute atomic E-state index is 0.101. The standard InChI is InChI=1S/C25H37NO11/c1-14(2)13-32-22(29)35-17(7)11-25(26,21(27)28)12-18-8-9-19(36-23(30)33-15(3)4)20(10-18)37-24(31)34-16(5)6/h8-10,14-17H,11-13,26H2,1-7H3,(H,27,28)/t17-,25?/m0/s1. The fourth-order valence-electron chi connectivity index (χ4n) is 3.03. The molecule has 208 valence electrons. The maximum Gasteiger partial charge on any atom is 0.514 e. The molecule has 0 aromatic heterocycles. The van der Waals surface area contributed by atoms with Crippen molar-refractivity contribution in [3.63, 3.8) is 0 Å². The van der Waals surface area contributed by atoms with E-state index in [1.807, 2.05) is 13.8 Å². The summed E-state index contributed by atoms with van der Waals surface area (Å²) < 4.78 is 30.3. The van der Waals surface area contributed by atoms with Gasteiger partial charge in [-0.3, -0.25) is 4.79 Å². The van der Waals surface area contributed by atoms with Crippen LogP contribution >= 0.6 is 0 Å². The van der Waals surface area contributed by atoms with Crippen LogP contribution in [0.2, 0.25) is 0 Å². The first-order valence-corrected chi connectivity index (χ1v) is 11.9. The van der Waals surface area contributed by atoms with Crippen LogP contribution in [0.1, 0.15) is 60.5 Å². The second-order valence-corrected chi connectivity index (χ2v) is 9.54. The number of hydrogen-bond acceptors (Lipinski definition) is 11. The molecular formula is C25H37NO11. The quantitative estimate of drug-likeness (QED) is 0.223. The first-order valence-electron chi connectivity index (χ1n) is 11.9. The fraction of sp³-hybridized carbons (Fsp3) is 0.600. The van der Waals surface area contributed by atoms with Crippen LogP contribution in [0.25, 0.3) is 0 Å². The molecule has 0 amide bonds. The highest BCUT2D eigenvalue weighted by atomic mass is 16.8. The molecule has 12 nitrogen and oxygen atoms in total. The minimum atomic E-state index is -1.87. The summed E-state index contributed by atoms with van der Waals surface area (Å²) in [6.45, 7) is 11.9. The van der Waals surface area contributed by atoms with Crippen molar-refractivity contribution in [2.24, 2.45) is 11.7 Å². The third-order valence-corrected chi connectivity index (χ3v) is 4.49. The van der Waals surface area contributed by atoms with E-state index in [0.717, 1.165) is 0 Å². The summed E-state index contributed by atoms with van der Waals surface area (Å²) in [7, 11) is 0. The molecule has 1 aromatic rings. The van der Waals surface area contributed by atoms with Gasteiger partial charge in [-0.05, 0) is 58.2 Å². The molecule has 1 unspecified atom stereocenters. The Labute approximate surface area is 216 Å². The number of carbonyl (C=O) groups is 4. The van der Waals surface area contributed by atoms with E-state index >= 15 is 0 Å². The molecule has 0 bridgehead atoms. The van der Waals surface area contributed by atoms with Gasteiger partial charge in [0.15, 0.2) is 11.5 Å². The molecule has 12 heteroatoms. The Kier molecular flexibility index (Phi) is 12.1. The van der Waals surface area contributed by atoms with E-state index in [1.54, 1.807) is 27.7 Å². The molecule has 0 radical (unpaired) electrons. The maximum atomic E-state index is 12.1.